The standard InChI is InChI=1S/C18H19N3O4S/c1-4-25-14-8-11(9-15-16(14)21-18(19)26-15)20-17(22)10-5-6-12(23-2)13(7-10)24-3/h5-9H,4H2,1-3H3,(H2,19,21)(H,20,22). The number of carbonyl (C=O) groups is 1. The summed E-state index contributed by atoms with van der Waals surface area (Å²) in [6.07, 6.45) is 0. The number of nitrogens with one attached hydrogen (secondary N) is 1. The van der Waals surface area contributed by atoms with E-state index in [0.29, 0.717) is 45.8 Å². The topological polar surface area (TPSA) is 95.7 Å². The van der Waals surface area contributed by atoms with Crippen LogP contribution in [0.3, 0.4) is 0 Å². The van der Waals surface area contributed by atoms with Gasteiger partial charge in [-0.3, -0.25) is 4.79 Å². The number of hydrogen-bond acceptors (Lipinski definition) is 7. The molecule has 136 valence electrons. The highest BCUT2D eigenvalue weighted by Crippen LogP contribution is 2.35. The molecule has 0 atom stereocenters. The van der Waals surface area contributed by atoms with Crippen molar-refractivity contribution in [3.63, 3.8) is 0 Å². The Morgan fingerprint density at radius 2 is 1.92 bits per heavy atom. The van der Waals surface area contributed by atoms with Gasteiger partial charge in [0.25, 0.3) is 5.91 Å². The maximum absolute atomic E-state index is 12.6. The second-order valence-corrected chi connectivity index (χ2v) is 6.39. The number of hydrogen-bond donors (Lipinski definition) is 2. The molecule has 1 amide bonds. The van der Waals surface area contributed by atoms with Gasteiger partial charge in [-0.15, -0.1) is 0 Å². The molecule has 3 aromatic rings. The summed E-state index contributed by atoms with van der Waals surface area (Å²) in [5.74, 6) is 1.36. The number of amides is 1. The third-order valence-electron chi connectivity index (χ3n) is 3.68. The second kappa shape index (κ2) is 7.49. The second-order valence-electron chi connectivity index (χ2n) is 5.33. The smallest absolute Gasteiger partial charge is 0.255 e. The molecule has 3 rings (SSSR count). The summed E-state index contributed by atoms with van der Waals surface area (Å²) in [4.78, 5) is 16.9. The van der Waals surface area contributed by atoms with Crippen molar-refractivity contribution in [1.82, 2.24) is 4.98 Å². The molecule has 8 heteroatoms. The average molecular weight is 373 g/mol. The van der Waals surface area contributed by atoms with Gasteiger partial charge in [0.05, 0.1) is 25.5 Å². The van der Waals surface area contributed by atoms with Crippen molar-refractivity contribution in [3.05, 3.63) is 35.9 Å². The molecule has 0 radical (unpaired) electrons. The van der Waals surface area contributed by atoms with Crippen molar-refractivity contribution in [2.45, 2.75) is 6.92 Å². The number of thiazole rings is 1. The van der Waals surface area contributed by atoms with Gasteiger partial charge in [0.1, 0.15) is 11.3 Å². The Labute approximate surface area is 154 Å². The minimum Gasteiger partial charge on any atom is -0.493 e. The molecule has 3 N–H and O–H groups in total. The van der Waals surface area contributed by atoms with Crippen LogP contribution < -0.4 is 25.3 Å². The van der Waals surface area contributed by atoms with Gasteiger partial charge in [-0.1, -0.05) is 11.3 Å². The molecule has 1 heterocycles. The fraction of sp³-hybridized carbons (Fsp3) is 0.222. The van der Waals surface area contributed by atoms with Gasteiger partial charge in [0, 0.05) is 17.3 Å². The zero-order valence-corrected chi connectivity index (χ0v) is 15.5. The molecule has 0 fully saturated rings. The molecule has 0 aliphatic rings. The van der Waals surface area contributed by atoms with Crippen LogP contribution in [0.4, 0.5) is 10.8 Å². The lowest BCUT2D eigenvalue weighted by Gasteiger charge is -2.11. The van der Waals surface area contributed by atoms with Crippen molar-refractivity contribution >= 4 is 38.3 Å². The monoisotopic (exact) mass is 373 g/mol. The van der Waals surface area contributed by atoms with E-state index in [1.165, 1.54) is 18.4 Å². The van der Waals surface area contributed by atoms with E-state index in [1.54, 1.807) is 31.4 Å². The predicted molar refractivity (Wildman–Crippen MR) is 103 cm³/mol. The maximum atomic E-state index is 12.6. The lowest BCUT2D eigenvalue weighted by atomic mass is 10.1. The number of fused-ring (bicyclic) bond motifs is 1. The van der Waals surface area contributed by atoms with Crippen molar-refractivity contribution < 1.29 is 19.0 Å². The van der Waals surface area contributed by atoms with Gasteiger partial charge in [0.15, 0.2) is 16.6 Å². The van der Waals surface area contributed by atoms with Crippen LogP contribution in [0.1, 0.15) is 17.3 Å². The van der Waals surface area contributed by atoms with Gasteiger partial charge < -0.3 is 25.3 Å². The van der Waals surface area contributed by atoms with E-state index in [1.807, 2.05) is 13.0 Å². The number of benzene rings is 2. The minimum atomic E-state index is -0.273. The number of rotatable bonds is 6. The van der Waals surface area contributed by atoms with Gasteiger partial charge in [-0.05, 0) is 31.2 Å². The Morgan fingerprint density at radius 3 is 2.62 bits per heavy atom. The molecule has 0 saturated heterocycles. The summed E-state index contributed by atoms with van der Waals surface area (Å²) >= 11 is 1.34. The Balaban J connectivity index is 1.91. The summed E-state index contributed by atoms with van der Waals surface area (Å²) < 4.78 is 16.9. The number of nitrogens with zero attached hydrogens (tertiary/aromatic N) is 1. The first kappa shape index (κ1) is 17.8. The molecule has 7 nitrogen and oxygen atoms in total. The lowest BCUT2D eigenvalue weighted by Crippen LogP contribution is -2.12. The van der Waals surface area contributed by atoms with Crippen LogP contribution in [0.15, 0.2) is 30.3 Å². The van der Waals surface area contributed by atoms with E-state index in [9.17, 15) is 4.79 Å². The predicted octanol–water partition coefficient (Wildman–Crippen LogP) is 3.55. The molecule has 1 aromatic heterocycles. The minimum absolute atomic E-state index is 0.273. The zero-order valence-electron chi connectivity index (χ0n) is 14.7. The first-order valence-corrected chi connectivity index (χ1v) is 8.73. The van der Waals surface area contributed by atoms with E-state index in [2.05, 4.69) is 10.3 Å². The molecule has 0 unspecified atom stereocenters. The van der Waals surface area contributed by atoms with Crippen LogP contribution in [0.2, 0.25) is 0 Å². The Kier molecular flexibility index (Phi) is 5.13. The maximum Gasteiger partial charge on any atom is 0.255 e. The number of anilines is 2. The van der Waals surface area contributed by atoms with Crippen molar-refractivity contribution in [1.29, 1.82) is 0 Å². The number of methoxy groups -OCH3 is 2. The zero-order chi connectivity index (χ0) is 18.7. The Bertz CT molecular complexity index is 955. The van der Waals surface area contributed by atoms with Gasteiger partial charge in [-0.25, -0.2) is 4.98 Å². The van der Waals surface area contributed by atoms with Crippen LogP contribution in [0.5, 0.6) is 17.2 Å². The fourth-order valence-corrected chi connectivity index (χ4v) is 3.33. The third kappa shape index (κ3) is 3.50. The summed E-state index contributed by atoms with van der Waals surface area (Å²) in [6.45, 7) is 2.37. The average Bonchev–Trinajstić information content (AvgIpc) is 3.01. The SMILES string of the molecule is CCOc1cc(NC(=O)c2ccc(OC)c(OC)c2)cc2sc(N)nc12. The molecule has 2 aromatic carbocycles. The number of ether oxygens (including phenoxy) is 3. The summed E-state index contributed by atoms with van der Waals surface area (Å²) in [5.41, 5.74) is 7.54. The molecular formula is C18H19N3O4S. The number of nitrogen functional groups attached to an aromatic ring is 1. The van der Waals surface area contributed by atoms with E-state index < -0.39 is 0 Å². The molecule has 0 aliphatic heterocycles. The fourth-order valence-electron chi connectivity index (χ4n) is 2.53. The van der Waals surface area contributed by atoms with Crippen LogP contribution in [-0.4, -0.2) is 31.7 Å². The van der Waals surface area contributed by atoms with E-state index in [-0.39, 0.29) is 5.91 Å². The van der Waals surface area contributed by atoms with Crippen molar-refractivity contribution in [3.8, 4) is 17.2 Å². The first-order chi connectivity index (χ1) is 12.5. The van der Waals surface area contributed by atoms with Crippen LogP contribution in [0.25, 0.3) is 10.2 Å². The van der Waals surface area contributed by atoms with E-state index in [0.717, 1.165) is 4.70 Å². The number of nitrogens with two attached hydrogens (primary N) is 1. The molecule has 0 spiro atoms. The number of aromatic nitrogens is 1. The Morgan fingerprint density at radius 1 is 1.15 bits per heavy atom. The highest BCUT2D eigenvalue weighted by Gasteiger charge is 2.14. The van der Waals surface area contributed by atoms with Crippen LogP contribution in [0, 0.1) is 0 Å². The Hall–Kier alpha value is -3.00. The van der Waals surface area contributed by atoms with E-state index in [4.69, 9.17) is 19.9 Å². The molecule has 26 heavy (non-hydrogen) atoms. The number of carbonyl (C=O) groups excluding carboxylic acids is 1. The van der Waals surface area contributed by atoms with Gasteiger partial charge in [0.2, 0.25) is 0 Å². The third-order valence-corrected chi connectivity index (χ3v) is 4.51. The quantitative estimate of drug-likeness (QED) is 0.686. The summed E-state index contributed by atoms with van der Waals surface area (Å²) in [7, 11) is 3.07. The summed E-state index contributed by atoms with van der Waals surface area (Å²) in [6, 6.07) is 8.55. The largest absolute Gasteiger partial charge is 0.493 e. The van der Waals surface area contributed by atoms with Gasteiger partial charge >= 0.3 is 0 Å². The normalized spacial score (nSPS) is 10.6. The van der Waals surface area contributed by atoms with Crippen molar-refractivity contribution in [2.75, 3.05) is 31.9 Å². The molecule has 0 aliphatic carbocycles. The first-order valence-electron chi connectivity index (χ1n) is 7.92. The highest BCUT2D eigenvalue weighted by atomic mass is 32.1. The van der Waals surface area contributed by atoms with Crippen LogP contribution >= 0.6 is 11.3 Å². The van der Waals surface area contributed by atoms with Crippen molar-refractivity contribution in [2.24, 2.45) is 0 Å². The molecule has 0 bridgehead atoms. The van der Waals surface area contributed by atoms with E-state index >= 15 is 0 Å². The molecule has 0 saturated carbocycles. The summed E-state index contributed by atoms with van der Waals surface area (Å²) in [5, 5.41) is 3.32. The van der Waals surface area contributed by atoms with Crippen LogP contribution in [-0.2, 0) is 0 Å². The highest BCUT2D eigenvalue weighted by molar-refractivity contribution is 7.22. The van der Waals surface area contributed by atoms with Gasteiger partial charge in [-0.2, -0.15) is 0 Å². The molecular weight excluding hydrogens is 354 g/mol. The lowest BCUT2D eigenvalue weighted by molar-refractivity contribution is 0.102.